The number of aromatic carboxylic acids is 1. The van der Waals surface area contributed by atoms with Gasteiger partial charge in [0.1, 0.15) is 4.88 Å². The van der Waals surface area contributed by atoms with Crippen LogP contribution in [0.3, 0.4) is 0 Å². The number of carboxylic acids is 1. The highest BCUT2D eigenvalue weighted by atomic mass is 32.1. The molecule has 0 fully saturated rings. The van der Waals surface area contributed by atoms with Gasteiger partial charge in [0.2, 0.25) is 0 Å². The lowest BCUT2D eigenvalue weighted by molar-refractivity contribution is 0.0703. The molecule has 3 N–H and O–H groups in total. The molecular formula is C5H5NO2S2. The number of rotatable bonds is 1. The van der Waals surface area contributed by atoms with E-state index < -0.39 is 5.97 Å². The summed E-state index contributed by atoms with van der Waals surface area (Å²) in [6, 6.07) is 0. The zero-order valence-electron chi connectivity index (χ0n) is 4.87. The maximum Gasteiger partial charge on any atom is 0.348 e. The van der Waals surface area contributed by atoms with Gasteiger partial charge in [0.25, 0.3) is 0 Å². The van der Waals surface area contributed by atoms with Crippen molar-refractivity contribution in [1.29, 1.82) is 0 Å². The molecule has 1 rings (SSSR count). The summed E-state index contributed by atoms with van der Waals surface area (Å²) in [5.41, 5.74) is 5.61. The summed E-state index contributed by atoms with van der Waals surface area (Å²) in [4.78, 5) is 11.0. The lowest BCUT2D eigenvalue weighted by Crippen LogP contribution is -1.97. The number of carboxylic acid groups (broad SMARTS) is 1. The number of hydrogen-bond donors (Lipinski definition) is 3. The largest absolute Gasteiger partial charge is 0.477 e. The average molecular weight is 175 g/mol. The highest BCUT2D eigenvalue weighted by molar-refractivity contribution is 7.80. The van der Waals surface area contributed by atoms with E-state index in [4.69, 9.17) is 10.8 Å². The summed E-state index contributed by atoms with van der Waals surface area (Å²) in [6.45, 7) is 0. The summed E-state index contributed by atoms with van der Waals surface area (Å²) in [6.07, 6.45) is 0. The normalized spacial score (nSPS) is 9.70. The van der Waals surface area contributed by atoms with Gasteiger partial charge in [-0.05, 0) is 0 Å². The molecular weight excluding hydrogens is 170 g/mol. The molecule has 0 unspecified atom stereocenters. The van der Waals surface area contributed by atoms with Crippen LogP contribution in [0.1, 0.15) is 9.67 Å². The minimum atomic E-state index is -0.997. The van der Waals surface area contributed by atoms with E-state index in [0.29, 0.717) is 4.90 Å². The van der Waals surface area contributed by atoms with Crippen LogP contribution in [0.5, 0.6) is 0 Å². The van der Waals surface area contributed by atoms with Gasteiger partial charge in [-0.1, -0.05) is 0 Å². The van der Waals surface area contributed by atoms with Gasteiger partial charge in [-0.3, -0.25) is 0 Å². The predicted molar refractivity (Wildman–Crippen MR) is 42.9 cm³/mol. The smallest absolute Gasteiger partial charge is 0.348 e. The first-order chi connectivity index (χ1) is 4.63. The maximum absolute atomic E-state index is 10.3. The van der Waals surface area contributed by atoms with Crippen molar-refractivity contribution in [3.8, 4) is 0 Å². The molecule has 0 atom stereocenters. The van der Waals surface area contributed by atoms with Gasteiger partial charge >= 0.3 is 5.97 Å². The Morgan fingerprint density at radius 2 is 2.40 bits per heavy atom. The molecule has 1 heterocycles. The van der Waals surface area contributed by atoms with E-state index in [0.717, 1.165) is 11.3 Å². The van der Waals surface area contributed by atoms with Crippen LogP contribution in [-0.4, -0.2) is 11.1 Å². The molecule has 0 aliphatic carbocycles. The number of thiol groups is 1. The zero-order valence-corrected chi connectivity index (χ0v) is 6.58. The molecule has 0 amide bonds. The first kappa shape index (κ1) is 7.43. The third-order valence-electron chi connectivity index (χ3n) is 1.00. The van der Waals surface area contributed by atoms with Crippen molar-refractivity contribution in [2.75, 3.05) is 5.73 Å². The number of carbonyl (C=O) groups is 1. The quantitative estimate of drug-likeness (QED) is 0.564. The number of nitrogen functional groups attached to an aromatic ring is 1. The van der Waals surface area contributed by atoms with E-state index in [-0.39, 0.29) is 10.6 Å². The van der Waals surface area contributed by atoms with Crippen molar-refractivity contribution >= 4 is 35.6 Å². The van der Waals surface area contributed by atoms with Gasteiger partial charge in [-0.2, -0.15) is 0 Å². The SMILES string of the molecule is Nc1c(S)csc1C(=O)O. The number of anilines is 1. The van der Waals surface area contributed by atoms with Crippen molar-refractivity contribution in [3.63, 3.8) is 0 Å². The lowest BCUT2D eigenvalue weighted by Gasteiger charge is -1.89. The Kier molecular flexibility index (Phi) is 1.87. The number of nitrogens with two attached hydrogens (primary N) is 1. The molecule has 0 aliphatic heterocycles. The van der Waals surface area contributed by atoms with Crippen LogP contribution in [0.4, 0.5) is 5.69 Å². The monoisotopic (exact) mass is 175 g/mol. The Labute approximate surface area is 66.9 Å². The van der Waals surface area contributed by atoms with Crippen LogP contribution < -0.4 is 5.73 Å². The lowest BCUT2D eigenvalue weighted by atomic mass is 10.4. The van der Waals surface area contributed by atoms with Crippen LogP contribution in [0.2, 0.25) is 0 Å². The van der Waals surface area contributed by atoms with E-state index >= 15 is 0 Å². The standard InChI is InChI=1S/C5H5NO2S2/c6-3-2(9)1-10-4(3)5(7)8/h1,9H,6H2,(H,7,8). The van der Waals surface area contributed by atoms with Crippen LogP contribution in [0, 0.1) is 0 Å². The topological polar surface area (TPSA) is 63.3 Å². The van der Waals surface area contributed by atoms with Gasteiger partial charge in [0.15, 0.2) is 0 Å². The second-order valence-corrected chi connectivity index (χ2v) is 3.03. The summed E-state index contributed by atoms with van der Waals surface area (Å²) < 4.78 is 0. The summed E-state index contributed by atoms with van der Waals surface area (Å²) in [5, 5.41) is 10.1. The Morgan fingerprint density at radius 1 is 1.80 bits per heavy atom. The van der Waals surface area contributed by atoms with Crippen LogP contribution >= 0.6 is 24.0 Å². The summed E-state index contributed by atoms with van der Waals surface area (Å²) in [7, 11) is 0. The first-order valence-electron chi connectivity index (χ1n) is 2.42. The summed E-state index contributed by atoms with van der Waals surface area (Å²) in [5.74, 6) is -0.997. The van der Waals surface area contributed by atoms with E-state index in [1.165, 1.54) is 0 Å². The fraction of sp³-hybridized carbons (Fsp3) is 0. The van der Waals surface area contributed by atoms with Crippen LogP contribution in [0.15, 0.2) is 10.3 Å². The van der Waals surface area contributed by atoms with Gasteiger partial charge in [0.05, 0.1) is 5.69 Å². The molecule has 0 saturated carbocycles. The zero-order chi connectivity index (χ0) is 7.72. The number of thiophene rings is 1. The molecule has 10 heavy (non-hydrogen) atoms. The third-order valence-corrected chi connectivity index (χ3v) is 2.53. The molecule has 0 aromatic carbocycles. The third kappa shape index (κ3) is 1.10. The highest BCUT2D eigenvalue weighted by Gasteiger charge is 2.11. The second kappa shape index (κ2) is 2.51. The molecule has 3 nitrogen and oxygen atoms in total. The fourth-order valence-corrected chi connectivity index (χ4v) is 1.56. The van der Waals surface area contributed by atoms with Gasteiger partial charge < -0.3 is 10.8 Å². The fourth-order valence-electron chi connectivity index (χ4n) is 0.524. The Morgan fingerprint density at radius 3 is 2.60 bits per heavy atom. The first-order valence-corrected chi connectivity index (χ1v) is 3.75. The molecule has 0 bridgehead atoms. The highest BCUT2D eigenvalue weighted by Crippen LogP contribution is 2.27. The van der Waals surface area contributed by atoms with E-state index in [2.05, 4.69) is 12.6 Å². The molecule has 0 aliphatic rings. The molecule has 1 aromatic heterocycles. The van der Waals surface area contributed by atoms with Gasteiger partial charge in [-0.25, -0.2) is 4.79 Å². The average Bonchev–Trinajstić information content (AvgIpc) is 2.14. The van der Waals surface area contributed by atoms with E-state index in [9.17, 15) is 4.79 Å². The van der Waals surface area contributed by atoms with Gasteiger partial charge in [-0.15, -0.1) is 24.0 Å². The molecule has 0 radical (unpaired) electrons. The minimum Gasteiger partial charge on any atom is -0.477 e. The van der Waals surface area contributed by atoms with Crippen molar-refractivity contribution in [1.82, 2.24) is 0 Å². The second-order valence-electron chi connectivity index (χ2n) is 1.67. The van der Waals surface area contributed by atoms with Crippen LogP contribution in [0.25, 0.3) is 0 Å². The molecule has 54 valence electrons. The predicted octanol–water partition coefficient (Wildman–Crippen LogP) is 1.32. The maximum atomic E-state index is 10.3. The molecule has 0 saturated heterocycles. The number of hydrogen-bond acceptors (Lipinski definition) is 4. The van der Waals surface area contributed by atoms with Crippen molar-refractivity contribution in [2.24, 2.45) is 0 Å². The summed E-state index contributed by atoms with van der Waals surface area (Å²) >= 11 is 5.02. The Balaban J connectivity index is 3.17. The Hall–Kier alpha value is -0.680. The molecule has 1 aromatic rings. The molecule has 5 heteroatoms. The molecule has 0 spiro atoms. The minimum absolute atomic E-state index is 0.157. The van der Waals surface area contributed by atoms with E-state index in [1.807, 2.05) is 0 Å². The van der Waals surface area contributed by atoms with Crippen molar-refractivity contribution < 1.29 is 9.90 Å². The van der Waals surface area contributed by atoms with Crippen molar-refractivity contribution in [3.05, 3.63) is 10.3 Å². The van der Waals surface area contributed by atoms with Crippen molar-refractivity contribution in [2.45, 2.75) is 4.90 Å². The van der Waals surface area contributed by atoms with Gasteiger partial charge in [0, 0.05) is 10.3 Å². The van der Waals surface area contributed by atoms with Crippen LogP contribution in [-0.2, 0) is 0 Å². The van der Waals surface area contributed by atoms with E-state index in [1.54, 1.807) is 5.38 Å². The Bertz CT molecular complexity index is 269.